The summed E-state index contributed by atoms with van der Waals surface area (Å²) in [6.45, 7) is 1.44. The third kappa shape index (κ3) is 6.22. The van der Waals surface area contributed by atoms with Crippen molar-refractivity contribution in [1.29, 1.82) is 0 Å². The van der Waals surface area contributed by atoms with Crippen molar-refractivity contribution in [2.75, 3.05) is 6.54 Å². The fourth-order valence-corrected chi connectivity index (χ4v) is 1.79. The van der Waals surface area contributed by atoms with Crippen LogP contribution in [0.25, 0.3) is 0 Å². The number of hydrogen-bond donors (Lipinski definition) is 3. The van der Waals surface area contributed by atoms with Gasteiger partial charge in [-0.05, 0) is 31.0 Å². The van der Waals surface area contributed by atoms with Gasteiger partial charge in [0.25, 0.3) is 0 Å². The van der Waals surface area contributed by atoms with E-state index in [1.165, 1.54) is 0 Å². The summed E-state index contributed by atoms with van der Waals surface area (Å²) in [5.74, 6) is 0. The number of aliphatic hydroxyl groups excluding tert-OH is 1. The molecule has 1 rings (SSSR count). The topological polar surface area (TPSA) is 61.4 Å². The van der Waals surface area contributed by atoms with E-state index in [9.17, 15) is 18.0 Å². The van der Waals surface area contributed by atoms with Crippen LogP contribution in [-0.4, -0.2) is 30.0 Å². The average Bonchev–Trinajstić information content (AvgIpc) is 2.37. The van der Waals surface area contributed by atoms with Gasteiger partial charge in [0.15, 0.2) is 6.10 Å². The molecule has 2 atom stereocenters. The molecule has 0 spiro atoms. The molecule has 0 bridgehead atoms. The molecule has 3 N–H and O–H groups in total. The molecule has 1 aromatic carbocycles. The largest absolute Gasteiger partial charge is 0.414 e. The molecule has 0 aliphatic rings. The van der Waals surface area contributed by atoms with E-state index >= 15 is 0 Å². The minimum Gasteiger partial charge on any atom is -0.384 e. The second kappa shape index (κ2) is 7.51. The number of hydrogen-bond acceptors (Lipinski definition) is 2. The number of nitrogens with one attached hydrogen (secondary N) is 2. The van der Waals surface area contributed by atoms with Gasteiger partial charge in [0, 0.05) is 11.6 Å². The molecule has 118 valence electrons. The molecule has 2 amide bonds. The van der Waals surface area contributed by atoms with Crippen molar-refractivity contribution in [3.63, 3.8) is 0 Å². The minimum absolute atomic E-state index is 0.283. The van der Waals surface area contributed by atoms with Crippen molar-refractivity contribution in [3.8, 4) is 0 Å². The average molecular weight is 325 g/mol. The lowest BCUT2D eigenvalue weighted by Gasteiger charge is -2.17. The van der Waals surface area contributed by atoms with Crippen molar-refractivity contribution >= 4 is 17.6 Å². The molecule has 0 unspecified atom stereocenters. The zero-order valence-corrected chi connectivity index (χ0v) is 12.0. The molecule has 0 heterocycles. The zero-order valence-electron chi connectivity index (χ0n) is 11.2. The van der Waals surface area contributed by atoms with Crippen LogP contribution in [0.15, 0.2) is 24.3 Å². The Hall–Kier alpha value is -1.47. The monoisotopic (exact) mass is 324 g/mol. The van der Waals surface area contributed by atoms with Crippen LogP contribution in [0.5, 0.6) is 0 Å². The van der Waals surface area contributed by atoms with Crippen molar-refractivity contribution in [2.24, 2.45) is 0 Å². The van der Waals surface area contributed by atoms with E-state index in [0.717, 1.165) is 5.56 Å². The smallest absolute Gasteiger partial charge is 0.384 e. The number of aliphatic hydroxyl groups is 1. The maximum atomic E-state index is 12.1. The number of amides is 2. The first-order valence-corrected chi connectivity index (χ1v) is 6.62. The third-order valence-electron chi connectivity index (χ3n) is 2.78. The molecule has 4 nitrogen and oxygen atoms in total. The van der Waals surface area contributed by atoms with Gasteiger partial charge < -0.3 is 15.7 Å². The van der Waals surface area contributed by atoms with Gasteiger partial charge in [-0.1, -0.05) is 23.7 Å². The molecule has 21 heavy (non-hydrogen) atoms. The number of halogens is 4. The van der Waals surface area contributed by atoms with Crippen molar-refractivity contribution < 1.29 is 23.1 Å². The maximum Gasteiger partial charge on any atom is 0.414 e. The Morgan fingerprint density at radius 3 is 2.67 bits per heavy atom. The SMILES string of the molecule is C[C@H](NC(=O)NCC[C@@H](O)C(F)(F)F)c1cccc(Cl)c1. The van der Waals surface area contributed by atoms with E-state index < -0.39 is 24.7 Å². The van der Waals surface area contributed by atoms with Gasteiger partial charge >= 0.3 is 12.2 Å². The van der Waals surface area contributed by atoms with E-state index in [2.05, 4.69) is 10.6 Å². The number of rotatable bonds is 5. The quantitative estimate of drug-likeness (QED) is 0.779. The molecule has 0 saturated heterocycles. The summed E-state index contributed by atoms with van der Waals surface area (Å²) >= 11 is 5.82. The lowest BCUT2D eigenvalue weighted by atomic mass is 10.1. The summed E-state index contributed by atoms with van der Waals surface area (Å²) in [6, 6.07) is 5.90. The second-order valence-corrected chi connectivity index (χ2v) is 4.96. The molecule has 8 heteroatoms. The molecular weight excluding hydrogens is 309 g/mol. The first-order valence-electron chi connectivity index (χ1n) is 6.24. The predicted octanol–water partition coefficient (Wildman–Crippen LogP) is 3.01. The van der Waals surface area contributed by atoms with Crippen LogP contribution in [-0.2, 0) is 0 Å². The number of carbonyl (C=O) groups excluding carboxylic acids is 1. The van der Waals surface area contributed by atoms with E-state index in [4.69, 9.17) is 16.7 Å². The fraction of sp³-hybridized carbons (Fsp3) is 0.462. The molecule has 0 radical (unpaired) electrons. The zero-order chi connectivity index (χ0) is 16.0. The van der Waals surface area contributed by atoms with Crippen molar-refractivity contribution in [1.82, 2.24) is 10.6 Å². The molecule has 0 saturated carbocycles. The van der Waals surface area contributed by atoms with E-state index in [-0.39, 0.29) is 12.6 Å². The Labute approximate surface area is 125 Å². The van der Waals surface area contributed by atoms with Gasteiger partial charge in [0.2, 0.25) is 0 Å². The van der Waals surface area contributed by atoms with Crippen LogP contribution < -0.4 is 10.6 Å². The Kier molecular flexibility index (Phi) is 6.29. The Morgan fingerprint density at radius 1 is 1.43 bits per heavy atom. The van der Waals surface area contributed by atoms with Crippen molar-refractivity contribution in [2.45, 2.75) is 31.7 Å². The summed E-state index contributed by atoms with van der Waals surface area (Å²) < 4.78 is 36.2. The lowest BCUT2D eigenvalue weighted by molar-refractivity contribution is -0.204. The Balaban J connectivity index is 2.37. The van der Waals surface area contributed by atoms with E-state index in [0.29, 0.717) is 5.02 Å². The van der Waals surface area contributed by atoms with E-state index in [1.807, 2.05) is 0 Å². The standard InChI is InChI=1S/C13H16ClF3N2O2/c1-8(9-3-2-4-10(14)7-9)19-12(21)18-6-5-11(20)13(15,16)17/h2-4,7-8,11,20H,5-6H2,1H3,(H2,18,19,21)/t8-,11+/m0/s1. The molecule has 0 aromatic heterocycles. The van der Waals surface area contributed by atoms with Crippen LogP contribution in [0, 0.1) is 0 Å². The summed E-state index contributed by atoms with van der Waals surface area (Å²) in [6.07, 6.45) is -7.71. The van der Waals surface area contributed by atoms with Crippen LogP contribution in [0.1, 0.15) is 24.9 Å². The van der Waals surface area contributed by atoms with Crippen LogP contribution in [0.3, 0.4) is 0 Å². The summed E-state index contributed by atoms with van der Waals surface area (Å²) in [5, 5.41) is 14.1. The van der Waals surface area contributed by atoms with Gasteiger partial charge in [0.1, 0.15) is 0 Å². The lowest BCUT2D eigenvalue weighted by Crippen LogP contribution is -2.40. The molecular formula is C13H16ClF3N2O2. The highest BCUT2D eigenvalue weighted by Gasteiger charge is 2.37. The van der Waals surface area contributed by atoms with Gasteiger partial charge in [-0.3, -0.25) is 0 Å². The van der Waals surface area contributed by atoms with Gasteiger partial charge in [0.05, 0.1) is 6.04 Å². The van der Waals surface area contributed by atoms with Crippen LogP contribution in [0.4, 0.5) is 18.0 Å². The summed E-state index contributed by atoms with van der Waals surface area (Å²) in [5.41, 5.74) is 0.771. The highest BCUT2D eigenvalue weighted by atomic mass is 35.5. The molecule has 0 fully saturated rings. The normalized spacial score (nSPS) is 14.4. The number of alkyl halides is 3. The van der Waals surface area contributed by atoms with Gasteiger partial charge in [-0.2, -0.15) is 13.2 Å². The van der Waals surface area contributed by atoms with Crippen LogP contribution >= 0.6 is 11.6 Å². The fourth-order valence-electron chi connectivity index (χ4n) is 1.59. The molecule has 0 aliphatic heterocycles. The molecule has 0 aliphatic carbocycles. The number of urea groups is 1. The highest BCUT2D eigenvalue weighted by molar-refractivity contribution is 6.30. The highest BCUT2D eigenvalue weighted by Crippen LogP contribution is 2.21. The first-order chi connectivity index (χ1) is 9.70. The Bertz CT molecular complexity index is 483. The third-order valence-corrected chi connectivity index (χ3v) is 3.01. The van der Waals surface area contributed by atoms with E-state index in [1.54, 1.807) is 31.2 Å². The molecule has 1 aromatic rings. The summed E-state index contributed by atoms with van der Waals surface area (Å²) in [4.78, 5) is 11.5. The first kappa shape index (κ1) is 17.6. The van der Waals surface area contributed by atoms with Crippen LogP contribution in [0.2, 0.25) is 5.02 Å². The van der Waals surface area contributed by atoms with Gasteiger partial charge in [-0.15, -0.1) is 0 Å². The predicted molar refractivity (Wildman–Crippen MR) is 73.1 cm³/mol. The second-order valence-electron chi connectivity index (χ2n) is 4.52. The minimum atomic E-state index is -4.67. The number of carbonyl (C=O) groups is 1. The maximum absolute atomic E-state index is 12.1. The summed E-state index contributed by atoms with van der Waals surface area (Å²) in [7, 11) is 0. The Morgan fingerprint density at radius 2 is 2.10 bits per heavy atom. The van der Waals surface area contributed by atoms with Gasteiger partial charge in [-0.25, -0.2) is 4.79 Å². The van der Waals surface area contributed by atoms with Crippen molar-refractivity contribution in [3.05, 3.63) is 34.9 Å². The number of benzene rings is 1.